The van der Waals surface area contributed by atoms with Crippen LogP contribution in [0, 0.1) is 10.1 Å². The Bertz CT molecular complexity index is 1550. The van der Waals surface area contributed by atoms with E-state index in [1.807, 2.05) is 42.5 Å². The first-order valence-corrected chi connectivity index (χ1v) is 11.6. The summed E-state index contributed by atoms with van der Waals surface area (Å²) < 4.78 is 49.9. The highest BCUT2D eigenvalue weighted by atomic mass is 19.4. The maximum absolute atomic E-state index is 12.9. The van der Waals surface area contributed by atoms with Gasteiger partial charge in [0, 0.05) is 11.6 Å². The van der Waals surface area contributed by atoms with Crippen LogP contribution in [-0.4, -0.2) is 24.2 Å². The first-order chi connectivity index (χ1) is 18.6. The number of alkyl halides is 3. The summed E-state index contributed by atoms with van der Waals surface area (Å²) in [6.07, 6.45) is -3.95. The first-order valence-electron chi connectivity index (χ1n) is 11.6. The molecule has 0 saturated carbocycles. The lowest BCUT2D eigenvalue weighted by molar-refractivity contribution is -0.385. The molecule has 8 nitrogen and oxygen atoms in total. The topological polar surface area (TPSA) is 103 Å². The van der Waals surface area contributed by atoms with Gasteiger partial charge in [0.2, 0.25) is 5.91 Å². The summed E-state index contributed by atoms with van der Waals surface area (Å²) >= 11 is 0. The summed E-state index contributed by atoms with van der Waals surface area (Å²) in [4.78, 5) is 22.5. The number of nitrogens with zero attached hydrogens (tertiary/aromatic N) is 2. The lowest BCUT2D eigenvalue weighted by Crippen LogP contribution is -2.20. The fraction of sp³-hybridized carbons (Fsp3) is 0.143. The van der Waals surface area contributed by atoms with E-state index in [2.05, 4.69) is 10.5 Å². The second kappa shape index (κ2) is 11.6. The molecule has 0 unspecified atom stereocenters. The van der Waals surface area contributed by atoms with Crippen LogP contribution in [0.25, 0.3) is 10.8 Å². The number of nitrogens with one attached hydrogen (secondary N) is 1. The van der Waals surface area contributed by atoms with Crippen LogP contribution < -0.4 is 14.9 Å². The summed E-state index contributed by atoms with van der Waals surface area (Å²) in [7, 11) is 1.48. The number of rotatable bonds is 9. The van der Waals surface area contributed by atoms with Crippen molar-refractivity contribution in [2.24, 2.45) is 5.10 Å². The van der Waals surface area contributed by atoms with Crippen LogP contribution in [0.15, 0.2) is 84.0 Å². The molecule has 0 bridgehead atoms. The zero-order chi connectivity index (χ0) is 28.0. The summed E-state index contributed by atoms with van der Waals surface area (Å²) in [5, 5.41) is 17.3. The Kier molecular flexibility index (Phi) is 8.09. The van der Waals surface area contributed by atoms with Gasteiger partial charge >= 0.3 is 6.18 Å². The predicted molar refractivity (Wildman–Crippen MR) is 139 cm³/mol. The molecule has 4 rings (SSSR count). The SMILES string of the molecule is COc1cc(C=NNC(=O)Cc2ccc(C(F)(F)F)cc2[N+](=O)[O-])ccc1OCc1ccc2ccccc2c1. The average Bonchev–Trinajstić information content (AvgIpc) is 2.91. The lowest BCUT2D eigenvalue weighted by Gasteiger charge is -2.12. The lowest BCUT2D eigenvalue weighted by atomic mass is 10.1. The molecule has 0 aliphatic rings. The monoisotopic (exact) mass is 537 g/mol. The van der Waals surface area contributed by atoms with Crippen molar-refractivity contribution in [3.05, 3.63) is 111 Å². The number of ether oxygens (including phenoxy) is 2. The van der Waals surface area contributed by atoms with Crippen LogP contribution in [0.3, 0.4) is 0 Å². The number of benzene rings is 4. The third-order valence-electron chi connectivity index (χ3n) is 5.76. The number of fused-ring (bicyclic) bond motifs is 1. The number of methoxy groups -OCH3 is 1. The minimum absolute atomic E-state index is 0.171. The number of halogens is 3. The third kappa shape index (κ3) is 6.89. The van der Waals surface area contributed by atoms with Gasteiger partial charge in [0.15, 0.2) is 11.5 Å². The fourth-order valence-corrected chi connectivity index (χ4v) is 3.82. The molecule has 0 aliphatic heterocycles. The normalized spacial score (nSPS) is 11.5. The van der Waals surface area contributed by atoms with Crippen molar-refractivity contribution in [3.63, 3.8) is 0 Å². The third-order valence-corrected chi connectivity index (χ3v) is 5.76. The van der Waals surface area contributed by atoms with Gasteiger partial charge < -0.3 is 9.47 Å². The quantitative estimate of drug-likeness (QED) is 0.159. The number of nitro benzene ring substituents is 1. The standard InChI is InChI=1S/C28H22F3N3O5/c1-38-26-13-18(7-11-25(26)39-17-19-6-8-20-4-2-3-5-21(20)12-19)16-32-33-27(35)14-22-9-10-23(28(29,30)31)15-24(22)34(36)37/h2-13,15-16H,14,17H2,1H3,(H,33,35). The molecule has 0 heterocycles. The molecule has 0 aliphatic carbocycles. The summed E-state index contributed by atoms with van der Waals surface area (Å²) in [6.45, 7) is 0.320. The van der Waals surface area contributed by atoms with Gasteiger partial charge in [-0.15, -0.1) is 0 Å². The summed E-state index contributed by atoms with van der Waals surface area (Å²) in [5.74, 6) is 0.198. The number of carbonyl (C=O) groups excluding carboxylic acids is 1. The van der Waals surface area contributed by atoms with Gasteiger partial charge in [-0.05, 0) is 52.2 Å². The molecule has 0 aromatic heterocycles. The highest BCUT2D eigenvalue weighted by Crippen LogP contribution is 2.33. The number of hydrogen-bond acceptors (Lipinski definition) is 6. The van der Waals surface area contributed by atoms with E-state index in [1.165, 1.54) is 13.3 Å². The van der Waals surface area contributed by atoms with Crippen LogP contribution in [0.4, 0.5) is 18.9 Å². The Hall–Kier alpha value is -4.93. The van der Waals surface area contributed by atoms with Crippen LogP contribution in [-0.2, 0) is 24.0 Å². The summed E-state index contributed by atoms with van der Waals surface area (Å²) in [6, 6.07) is 21.1. The van der Waals surface area contributed by atoms with Gasteiger partial charge in [0.25, 0.3) is 5.69 Å². The van der Waals surface area contributed by atoms with E-state index in [1.54, 1.807) is 18.2 Å². The molecule has 4 aromatic rings. The second-order valence-electron chi connectivity index (χ2n) is 8.45. The van der Waals surface area contributed by atoms with Crippen molar-refractivity contribution in [3.8, 4) is 11.5 Å². The highest BCUT2D eigenvalue weighted by Gasteiger charge is 2.33. The Balaban J connectivity index is 1.38. The Morgan fingerprint density at radius 2 is 1.77 bits per heavy atom. The van der Waals surface area contributed by atoms with Gasteiger partial charge in [-0.25, -0.2) is 5.43 Å². The molecular weight excluding hydrogens is 515 g/mol. The van der Waals surface area contributed by atoms with E-state index >= 15 is 0 Å². The van der Waals surface area contributed by atoms with Gasteiger partial charge in [-0.2, -0.15) is 18.3 Å². The van der Waals surface area contributed by atoms with E-state index in [0.29, 0.717) is 35.8 Å². The van der Waals surface area contributed by atoms with E-state index in [-0.39, 0.29) is 5.56 Å². The number of carbonyl (C=O) groups is 1. The van der Waals surface area contributed by atoms with Crippen LogP contribution in [0.5, 0.6) is 11.5 Å². The zero-order valence-corrected chi connectivity index (χ0v) is 20.6. The zero-order valence-electron chi connectivity index (χ0n) is 20.6. The van der Waals surface area contributed by atoms with E-state index in [9.17, 15) is 28.1 Å². The molecule has 39 heavy (non-hydrogen) atoms. The van der Waals surface area contributed by atoms with Crippen molar-refractivity contribution in [1.29, 1.82) is 0 Å². The Morgan fingerprint density at radius 3 is 2.49 bits per heavy atom. The minimum Gasteiger partial charge on any atom is -0.493 e. The molecule has 200 valence electrons. The van der Waals surface area contributed by atoms with Crippen molar-refractivity contribution in [1.82, 2.24) is 5.43 Å². The van der Waals surface area contributed by atoms with E-state index in [0.717, 1.165) is 22.4 Å². The molecule has 1 N–H and O–H groups in total. The number of amides is 1. The molecule has 0 atom stereocenters. The molecule has 0 spiro atoms. The smallest absolute Gasteiger partial charge is 0.416 e. The molecule has 0 saturated heterocycles. The number of hydrogen-bond donors (Lipinski definition) is 1. The van der Waals surface area contributed by atoms with Crippen molar-refractivity contribution < 1.29 is 32.4 Å². The van der Waals surface area contributed by atoms with Gasteiger partial charge in [0.1, 0.15) is 6.61 Å². The maximum Gasteiger partial charge on any atom is 0.416 e. The molecular formula is C28H22F3N3O5. The molecule has 4 aromatic carbocycles. The predicted octanol–water partition coefficient (Wildman–Crippen LogP) is 6.05. The fourth-order valence-electron chi connectivity index (χ4n) is 3.82. The average molecular weight is 537 g/mol. The molecule has 0 fully saturated rings. The Labute approximate surface area is 220 Å². The molecule has 11 heteroatoms. The van der Waals surface area contributed by atoms with Crippen molar-refractivity contribution in [2.45, 2.75) is 19.2 Å². The number of hydrazone groups is 1. The van der Waals surface area contributed by atoms with Crippen LogP contribution >= 0.6 is 0 Å². The van der Waals surface area contributed by atoms with Gasteiger partial charge in [-0.3, -0.25) is 14.9 Å². The van der Waals surface area contributed by atoms with E-state index in [4.69, 9.17) is 9.47 Å². The number of nitro groups is 1. The highest BCUT2D eigenvalue weighted by molar-refractivity contribution is 5.85. The minimum atomic E-state index is -4.74. The van der Waals surface area contributed by atoms with Crippen molar-refractivity contribution in [2.75, 3.05) is 7.11 Å². The maximum atomic E-state index is 12.9. The van der Waals surface area contributed by atoms with Gasteiger partial charge in [-0.1, -0.05) is 42.5 Å². The van der Waals surface area contributed by atoms with Gasteiger partial charge in [0.05, 0.1) is 30.2 Å². The first kappa shape index (κ1) is 27.1. The van der Waals surface area contributed by atoms with E-state index < -0.39 is 34.7 Å². The largest absolute Gasteiger partial charge is 0.493 e. The van der Waals surface area contributed by atoms with Crippen LogP contribution in [0.2, 0.25) is 0 Å². The molecule has 0 radical (unpaired) electrons. The Morgan fingerprint density at radius 1 is 1.00 bits per heavy atom. The van der Waals surface area contributed by atoms with Crippen LogP contribution in [0.1, 0.15) is 22.3 Å². The molecule has 1 amide bonds. The summed E-state index contributed by atoms with van der Waals surface area (Å²) in [5.41, 5.74) is 1.62. The second-order valence-corrected chi connectivity index (χ2v) is 8.45. The van der Waals surface area contributed by atoms with Crippen molar-refractivity contribution >= 4 is 28.6 Å².